The Morgan fingerprint density at radius 3 is 2.29 bits per heavy atom. The number of anilines is 1. The molecule has 3 heteroatoms. The summed E-state index contributed by atoms with van der Waals surface area (Å²) in [5.41, 5.74) is 8.18. The Balaban J connectivity index is 1.62. The molecule has 2 N–H and O–H groups in total. The second-order valence-electron chi connectivity index (χ2n) is 6.92. The van der Waals surface area contributed by atoms with Gasteiger partial charge in [-0.25, -0.2) is 0 Å². The van der Waals surface area contributed by atoms with E-state index < -0.39 is 0 Å². The molecule has 0 aliphatic rings. The molecule has 0 amide bonds. The summed E-state index contributed by atoms with van der Waals surface area (Å²) in [7, 11) is 1.90. The van der Waals surface area contributed by atoms with Crippen molar-refractivity contribution < 1.29 is 0 Å². The van der Waals surface area contributed by atoms with Crippen molar-refractivity contribution in [2.45, 2.75) is 26.2 Å². The largest absolute Gasteiger partial charge is 0.388 e. The second kappa shape index (κ2) is 9.75. The number of nitrogens with one attached hydrogen (secondary N) is 2. The highest BCUT2D eigenvalue weighted by Gasteiger charge is 2.10. The smallest absolute Gasteiger partial charge is 0.0653 e. The molecule has 1 aromatic heterocycles. The number of nitrogens with zero attached hydrogens (tertiary/aromatic N) is 1. The zero-order valence-electron chi connectivity index (χ0n) is 16.8. The Hall–Kier alpha value is -3.07. The van der Waals surface area contributed by atoms with Crippen LogP contribution < -0.4 is 10.6 Å². The summed E-state index contributed by atoms with van der Waals surface area (Å²) in [4.78, 5) is 4.52. The third-order valence-corrected chi connectivity index (χ3v) is 4.98. The molecule has 0 aliphatic heterocycles. The van der Waals surface area contributed by atoms with Crippen LogP contribution in [0.3, 0.4) is 0 Å². The van der Waals surface area contributed by atoms with Gasteiger partial charge in [0.25, 0.3) is 0 Å². The number of hydrogen-bond acceptors (Lipinski definition) is 3. The van der Waals surface area contributed by atoms with Crippen LogP contribution in [-0.4, -0.2) is 18.6 Å². The number of rotatable bonds is 9. The maximum absolute atomic E-state index is 4.52. The Bertz CT molecular complexity index is 899. The van der Waals surface area contributed by atoms with Gasteiger partial charge in [-0.3, -0.25) is 4.98 Å². The van der Waals surface area contributed by atoms with Gasteiger partial charge in [0.15, 0.2) is 0 Å². The van der Waals surface area contributed by atoms with Crippen molar-refractivity contribution in [3.05, 3.63) is 101 Å². The second-order valence-corrected chi connectivity index (χ2v) is 6.92. The summed E-state index contributed by atoms with van der Waals surface area (Å²) in [5.74, 6) is 0. The molecule has 144 valence electrons. The normalized spacial score (nSPS) is 10.5. The van der Waals surface area contributed by atoms with E-state index in [2.05, 4.69) is 83.7 Å². The summed E-state index contributed by atoms with van der Waals surface area (Å²) < 4.78 is 0. The molecular weight excluding hydrogens is 342 g/mol. The first-order chi connectivity index (χ1) is 13.7. The van der Waals surface area contributed by atoms with Gasteiger partial charge in [0.2, 0.25) is 0 Å². The first-order valence-electron chi connectivity index (χ1n) is 9.91. The maximum atomic E-state index is 4.52. The molecule has 0 saturated carbocycles. The van der Waals surface area contributed by atoms with Crippen molar-refractivity contribution in [2.75, 3.05) is 18.9 Å². The van der Waals surface area contributed by atoms with Crippen LogP contribution in [0.2, 0.25) is 0 Å². The van der Waals surface area contributed by atoms with E-state index in [4.69, 9.17) is 0 Å². The highest BCUT2D eigenvalue weighted by Crippen LogP contribution is 2.24. The van der Waals surface area contributed by atoms with E-state index in [0.717, 1.165) is 48.4 Å². The van der Waals surface area contributed by atoms with Gasteiger partial charge in [-0.05, 0) is 42.0 Å². The Kier molecular flexibility index (Phi) is 6.85. The fourth-order valence-corrected chi connectivity index (χ4v) is 3.34. The maximum Gasteiger partial charge on any atom is 0.0653 e. The molecule has 1 heterocycles. The molecule has 0 unspecified atom stereocenters. The number of benzene rings is 2. The predicted molar refractivity (Wildman–Crippen MR) is 120 cm³/mol. The predicted octanol–water partition coefficient (Wildman–Crippen LogP) is 5.08. The van der Waals surface area contributed by atoms with Gasteiger partial charge in [-0.2, -0.15) is 0 Å². The summed E-state index contributed by atoms with van der Waals surface area (Å²) >= 11 is 0. The average molecular weight is 372 g/mol. The van der Waals surface area contributed by atoms with Gasteiger partial charge in [0.05, 0.1) is 11.4 Å². The molecule has 3 aromatic rings. The summed E-state index contributed by atoms with van der Waals surface area (Å²) in [6.45, 7) is 7.10. The highest BCUT2D eigenvalue weighted by atomic mass is 14.9. The van der Waals surface area contributed by atoms with Gasteiger partial charge in [0, 0.05) is 31.0 Å². The Morgan fingerprint density at radius 1 is 0.929 bits per heavy atom. The van der Waals surface area contributed by atoms with Crippen molar-refractivity contribution in [1.82, 2.24) is 10.3 Å². The van der Waals surface area contributed by atoms with E-state index >= 15 is 0 Å². The van der Waals surface area contributed by atoms with E-state index in [0.29, 0.717) is 0 Å². The molecule has 0 bridgehead atoms. The van der Waals surface area contributed by atoms with Crippen molar-refractivity contribution in [2.24, 2.45) is 0 Å². The zero-order valence-corrected chi connectivity index (χ0v) is 16.8. The van der Waals surface area contributed by atoms with Crippen LogP contribution in [-0.2, 0) is 19.3 Å². The van der Waals surface area contributed by atoms with Crippen molar-refractivity contribution in [1.29, 1.82) is 0 Å². The van der Waals surface area contributed by atoms with E-state index in [9.17, 15) is 0 Å². The molecule has 0 radical (unpaired) electrons. The van der Waals surface area contributed by atoms with Crippen LogP contribution in [0.5, 0.6) is 0 Å². The Labute approximate surface area is 168 Å². The minimum absolute atomic E-state index is 0.862. The lowest BCUT2D eigenvalue weighted by molar-refractivity contribution is 0.977. The summed E-state index contributed by atoms with van der Waals surface area (Å²) in [6.07, 6.45) is 4.69. The average Bonchev–Trinajstić information content (AvgIpc) is 2.75. The molecule has 3 nitrogen and oxygen atoms in total. The molecule has 0 aliphatic carbocycles. The number of aromatic nitrogens is 1. The number of aryl methyl sites for hydroxylation is 1. The zero-order chi connectivity index (χ0) is 19.8. The van der Waals surface area contributed by atoms with Crippen LogP contribution in [0.4, 0.5) is 5.69 Å². The standard InChI is InChI=1S/C25H29N3/c1-4-24-25(23(15-17-27-24)19(2)26-3)28-16-14-20-10-12-22(13-11-20)18-21-8-6-5-7-9-21/h5-13,15,17,26,28H,2,4,14,16,18H2,1,3H3. The number of pyridine rings is 1. The van der Waals surface area contributed by atoms with Gasteiger partial charge >= 0.3 is 0 Å². The molecule has 0 saturated heterocycles. The first-order valence-corrected chi connectivity index (χ1v) is 9.91. The van der Waals surface area contributed by atoms with Crippen molar-refractivity contribution in [3.8, 4) is 0 Å². The van der Waals surface area contributed by atoms with E-state index in [1.54, 1.807) is 0 Å². The van der Waals surface area contributed by atoms with E-state index in [1.165, 1.54) is 16.7 Å². The van der Waals surface area contributed by atoms with Crippen molar-refractivity contribution in [3.63, 3.8) is 0 Å². The summed E-state index contributed by atoms with van der Waals surface area (Å²) in [6, 6.07) is 21.5. The highest BCUT2D eigenvalue weighted by molar-refractivity contribution is 5.75. The molecule has 0 spiro atoms. The SMILES string of the molecule is C=C(NC)c1ccnc(CC)c1NCCc1ccc(Cc2ccccc2)cc1. The number of hydrogen-bond donors (Lipinski definition) is 2. The topological polar surface area (TPSA) is 37.0 Å². The van der Waals surface area contributed by atoms with Crippen LogP contribution in [0.1, 0.15) is 34.9 Å². The van der Waals surface area contributed by atoms with Crippen LogP contribution in [0.15, 0.2) is 73.4 Å². The first kappa shape index (κ1) is 19.7. The fraction of sp³-hybridized carbons (Fsp3) is 0.240. The molecule has 0 atom stereocenters. The Morgan fingerprint density at radius 2 is 1.61 bits per heavy atom. The van der Waals surface area contributed by atoms with Crippen LogP contribution >= 0.6 is 0 Å². The minimum Gasteiger partial charge on any atom is -0.388 e. The third kappa shape index (κ3) is 5.01. The van der Waals surface area contributed by atoms with Gasteiger partial charge < -0.3 is 10.6 Å². The molecule has 28 heavy (non-hydrogen) atoms. The lowest BCUT2D eigenvalue weighted by atomic mass is 10.0. The molecular formula is C25H29N3. The van der Waals surface area contributed by atoms with E-state index in [-0.39, 0.29) is 0 Å². The third-order valence-electron chi connectivity index (χ3n) is 4.98. The lowest BCUT2D eigenvalue weighted by Gasteiger charge is -2.17. The van der Waals surface area contributed by atoms with Crippen molar-refractivity contribution >= 4 is 11.4 Å². The molecule has 2 aromatic carbocycles. The van der Waals surface area contributed by atoms with Gasteiger partial charge in [0.1, 0.15) is 0 Å². The van der Waals surface area contributed by atoms with Gasteiger partial charge in [-0.15, -0.1) is 0 Å². The van der Waals surface area contributed by atoms with Crippen LogP contribution in [0, 0.1) is 0 Å². The minimum atomic E-state index is 0.862. The molecule has 3 rings (SSSR count). The van der Waals surface area contributed by atoms with Crippen LogP contribution in [0.25, 0.3) is 5.70 Å². The van der Waals surface area contributed by atoms with E-state index in [1.807, 2.05) is 19.3 Å². The monoisotopic (exact) mass is 371 g/mol. The summed E-state index contributed by atoms with van der Waals surface area (Å²) in [5, 5.41) is 6.73. The quantitative estimate of drug-likeness (QED) is 0.551. The molecule has 0 fully saturated rings. The van der Waals surface area contributed by atoms with Gasteiger partial charge in [-0.1, -0.05) is 68.1 Å². The fourth-order valence-electron chi connectivity index (χ4n) is 3.34. The lowest BCUT2D eigenvalue weighted by Crippen LogP contribution is -2.13.